The lowest BCUT2D eigenvalue weighted by molar-refractivity contribution is 0.0620. The molecule has 4 rings (SSSR count). The van der Waals surface area contributed by atoms with E-state index in [4.69, 9.17) is 16.3 Å². The lowest BCUT2D eigenvalue weighted by Crippen LogP contribution is -2.48. The quantitative estimate of drug-likeness (QED) is 0.613. The van der Waals surface area contributed by atoms with Crippen LogP contribution in [-0.4, -0.2) is 62.9 Å². The van der Waals surface area contributed by atoms with E-state index in [1.54, 1.807) is 29.3 Å². The van der Waals surface area contributed by atoms with Crippen molar-refractivity contribution < 1.29 is 9.53 Å². The predicted octanol–water partition coefficient (Wildman–Crippen LogP) is 2.16. The highest BCUT2D eigenvalue weighted by molar-refractivity contribution is 7.15. The molecule has 0 N–H and O–H groups in total. The monoisotopic (exact) mass is 433 g/mol. The van der Waals surface area contributed by atoms with Crippen LogP contribution in [0.5, 0.6) is 5.88 Å². The maximum atomic E-state index is 12.9. The minimum atomic E-state index is -0.201. The Labute approximate surface area is 176 Å². The van der Waals surface area contributed by atoms with Crippen LogP contribution in [-0.2, 0) is 6.54 Å². The van der Waals surface area contributed by atoms with E-state index in [9.17, 15) is 9.59 Å². The van der Waals surface area contributed by atoms with Crippen LogP contribution in [0.25, 0.3) is 4.96 Å². The average Bonchev–Trinajstić information content (AvgIpc) is 3.19. The van der Waals surface area contributed by atoms with Crippen LogP contribution in [0.15, 0.2) is 34.6 Å². The van der Waals surface area contributed by atoms with Gasteiger partial charge in [-0.25, -0.2) is 9.97 Å². The van der Waals surface area contributed by atoms with Gasteiger partial charge in [0, 0.05) is 56.4 Å². The van der Waals surface area contributed by atoms with E-state index in [1.807, 2.05) is 12.3 Å². The number of ether oxygens (including phenoxy) is 1. The van der Waals surface area contributed by atoms with Crippen LogP contribution < -0.4 is 10.3 Å². The SMILES string of the molecule is CCOc1ccc(Cl)c(C(=O)N2CCN(Cc3cc(=O)n4ccsc4n3)CC2)n1. The van der Waals surface area contributed by atoms with E-state index in [1.165, 1.54) is 15.7 Å². The van der Waals surface area contributed by atoms with Crippen molar-refractivity contribution in [3.05, 3.63) is 56.5 Å². The minimum absolute atomic E-state index is 0.0741. The molecule has 1 aliphatic rings. The number of hydrogen-bond acceptors (Lipinski definition) is 7. The highest BCUT2D eigenvalue weighted by Gasteiger charge is 2.25. The third kappa shape index (κ3) is 4.26. The molecule has 0 unspecified atom stereocenters. The molecule has 0 aromatic carbocycles. The molecule has 0 aliphatic carbocycles. The van der Waals surface area contributed by atoms with Crippen LogP contribution in [0.2, 0.25) is 5.02 Å². The first kappa shape index (κ1) is 19.8. The molecule has 1 saturated heterocycles. The maximum Gasteiger partial charge on any atom is 0.274 e. The number of thiazole rings is 1. The number of halogens is 1. The molecule has 10 heteroatoms. The Kier molecular flexibility index (Phi) is 5.79. The van der Waals surface area contributed by atoms with Crippen molar-refractivity contribution >= 4 is 33.8 Å². The molecule has 0 spiro atoms. The molecule has 0 radical (unpaired) electrons. The number of pyridine rings is 1. The normalized spacial score (nSPS) is 15.0. The standard InChI is InChI=1S/C19H20ClN5O3S/c1-2-28-15-4-3-14(20)17(22-15)18(27)24-7-5-23(6-8-24)12-13-11-16(26)25-9-10-29-19(25)21-13/h3-4,9-11H,2,5-8,12H2,1H3. The highest BCUT2D eigenvalue weighted by atomic mass is 35.5. The zero-order valence-electron chi connectivity index (χ0n) is 15.9. The van der Waals surface area contributed by atoms with Gasteiger partial charge in [-0.3, -0.25) is 18.9 Å². The number of carbonyl (C=O) groups excluding carboxylic acids is 1. The van der Waals surface area contributed by atoms with Crippen molar-refractivity contribution in [2.45, 2.75) is 13.5 Å². The topological polar surface area (TPSA) is 80.0 Å². The molecular formula is C19H20ClN5O3S. The number of hydrogen-bond donors (Lipinski definition) is 0. The number of rotatable bonds is 5. The van der Waals surface area contributed by atoms with E-state index in [0.717, 1.165) is 5.69 Å². The molecule has 0 atom stereocenters. The Balaban J connectivity index is 1.40. The van der Waals surface area contributed by atoms with Crippen molar-refractivity contribution in [1.82, 2.24) is 24.2 Å². The van der Waals surface area contributed by atoms with Gasteiger partial charge in [0.05, 0.1) is 17.3 Å². The summed E-state index contributed by atoms with van der Waals surface area (Å²) in [6.45, 7) is 5.36. The summed E-state index contributed by atoms with van der Waals surface area (Å²) in [4.78, 5) is 38.4. The summed E-state index contributed by atoms with van der Waals surface area (Å²) in [5.74, 6) is 0.188. The van der Waals surface area contributed by atoms with Crippen molar-refractivity contribution in [2.24, 2.45) is 0 Å². The summed E-state index contributed by atoms with van der Waals surface area (Å²) < 4.78 is 6.91. The van der Waals surface area contributed by atoms with Crippen molar-refractivity contribution in [2.75, 3.05) is 32.8 Å². The van der Waals surface area contributed by atoms with Crippen LogP contribution in [0.3, 0.4) is 0 Å². The van der Waals surface area contributed by atoms with Gasteiger partial charge in [-0.1, -0.05) is 11.6 Å². The first-order chi connectivity index (χ1) is 14.0. The van der Waals surface area contributed by atoms with Gasteiger partial charge in [-0.15, -0.1) is 11.3 Å². The fourth-order valence-electron chi connectivity index (χ4n) is 3.26. The molecule has 0 saturated carbocycles. The van der Waals surface area contributed by atoms with E-state index in [-0.39, 0.29) is 17.2 Å². The second kappa shape index (κ2) is 8.48. The third-order valence-electron chi connectivity index (χ3n) is 4.72. The fourth-order valence-corrected chi connectivity index (χ4v) is 4.18. The summed E-state index contributed by atoms with van der Waals surface area (Å²) in [5, 5.41) is 2.16. The van der Waals surface area contributed by atoms with Gasteiger partial charge in [-0.05, 0) is 13.0 Å². The second-order valence-corrected chi connectivity index (χ2v) is 7.90. The Morgan fingerprint density at radius 2 is 2.03 bits per heavy atom. The van der Waals surface area contributed by atoms with Crippen molar-refractivity contribution in [3.63, 3.8) is 0 Å². The molecule has 1 aliphatic heterocycles. The lowest BCUT2D eigenvalue weighted by Gasteiger charge is -2.34. The van der Waals surface area contributed by atoms with Crippen LogP contribution in [0, 0.1) is 0 Å². The predicted molar refractivity (Wildman–Crippen MR) is 111 cm³/mol. The molecule has 3 aromatic heterocycles. The van der Waals surface area contributed by atoms with Gasteiger partial charge in [0.25, 0.3) is 11.5 Å². The van der Waals surface area contributed by atoms with E-state index in [2.05, 4.69) is 14.9 Å². The minimum Gasteiger partial charge on any atom is -0.478 e. The Morgan fingerprint density at radius 3 is 2.79 bits per heavy atom. The molecule has 0 bridgehead atoms. The van der Waals surface area contributed by atoms with Crippen molar-refractivity contribution in [3.8, 4) is 5.88 Å². The van der Waals surface area contributed by atoms with Crippen molar-refractivity contribution in [1.29, 1.82) is 0 Å². The first-order valence-corrected chi connectivity index (χ1v) is 10.6. The largest absolute Gasteiger partial charge is 0.478 e. The van der Waals surface area contributed by atoms with Crippen LogP contribution >= 0.6 is 22.9 Å². The summed E-state index contributed by atoms with van der Waals surface area (Å²) >= 11 is 7.62. The van der Waals surface area contributed by atoms with Gasteiger partial charge in [0.1, 0.15) is 0 Å². The van der Waals surface area contributed by atoms with E-state index in [0.29, 0.717) is 55.2 Å². The Bertz CT molecular complexity index is 1090. The highest BCUT2D eigenvalue weighted by Crippen LogP contribution is 2.21. The van der Waals surface area contributed by atoms with Gasteiger partial charge < -0.3 is 9.64 Å². The van der Waals surface area contributed by atoms with E-state index >= 15 is 0 Å². The lowest BCUT2D eigenvalue weighted by atomic mass is 10.2. The third-order valence-corrected chi connectivity index (χ3v) is 5.78. The van der Waals surface area contributed by atoms with Gasteiger partial charge in [0.15, 0.2) is 10.7 Å². The number of carbonyl (C=O) groups is 1. The smallest absolute Gasteiger partial charge is 0.274 e. The van der Waals surface area contributed by atoms with Gasteiger partial charge >= 0.3 is 0 Å². The molecule has 3 aromatic rings. The molecular weight excluding hydrogens is 414 g/mol. The van der Waals surface area contributed by atoms with Gasteiger partial charge in [-0.2, -0.15) is 0 Å². The number of nitrogens with zero attached hydrogens (tertiary/aromatic N) is 5. The van der Waals surface area contributed by atoms with Crippen LogP contribution in [0.1, 0.15) is 23.1 Å². The van der Waals surface area contributed by atoms with E-state index < -0.39 is 0 Å². The number of fused-ring (bicyclic) bond motifs is 1. The molecule has 1 amide bonds. The van der Waals surface area contributed by atoms with Crippen LogP contribution in [0.4, 0.5) is 0 Å². The molecule has 1 fully saturated rings. The number of piperazine rings is 1. The molecule has 152 valence electrons. The molecule has 8 nitrogen and oxygen atoms in total. The first-order valence-electron chi connectivity index (χ1n) is 9.32. The summed E-state index contributed by atoms with van der Waals surface area (Å²) in [6.07, 6.45) is 1.73. The second-order valence-electron chi connectivity index (χ2n) is 6.62. The zero-order chi connectivity index (χ0) is 20.4. The summed E-state index contributed by atoms with van der Waals surface area (Å²) in [6, 6.07) is 4.86. The number of amides is 1. The Hall–Kier alpha value is -2.49. The zero-order valence-corrected chi connectivity index (χ0v) is 17.4. The van der Waals surface area contributed by atoms with Gasteiger partial charge in [0.2, 0.25) is 5.88 Å². The molecule has 29 heavy (non-hydrogen) atoms. The number of aromatic nitrogens is 3. The maximum absolute atomic E-state index is 12.9. The fraction of sp³-hybridized carbons (Fsp3) is 0.368. The summed E-state index contributed by atoms with van der Waals surface area (Å²) in [5.41, 5.74) is 0.880. The molecule has 4 heterocycles. The average molecular weight is 434 g/mol. The summed E-state index contributed by atoms with van der Waals surface area (Å²) in [7, 11) is 0. The Morgan fingerprint density at radius 1 is 1.24 bits per heavy atom.